The van der Waals surface area contributed by atoms with Crippen LogP contribution in [0.5, 0.6) is 0 Å². The number of carbonyl (C=O) groups excluding carboxylic acids is 3. The first-order chi connectivity index (χ1) is 18.9. The third-order valence-corrected chi connectivity index (χ3v) is 7.24. The number of rotatable bonds is 8. The van der Waals surface area contributed by atoms with Crippen molar-refractivity contribution in [2.75, 3.05) is 33.3 Å². The lowest BCUT2D eigenvalue weighted by molar-refractivity contribution is -0.141. The van der Waals surface area contributed by atoms with Crippen LogP contribution in [0.4, 0.5) is 0 Å². The summed E-state index contributed by atoms with van der Waals surface area (Å²) in [6.45, 7) is 2.23. The number of methoxy groups -OCH3 is 1. The van der Waals surface area contributed by atoms with E-state index in [1.54, 1.807) is 36.4 Å². The Kier molecular flexibility index (Phi) is 11.8. The van der Waals surface area contributed by atoms with Crippen LogP contribution in [0, 0.1) is 11.3 Å². The Morgan fingerprint density at radius 2 is 1.82 bits per heavy atom. The van der Waals surface area contributed by atoms with E-state index in [1.807, 2.05) is 12.1 Å². The average molecular weight is 569 g/mol. The summed E-state index contributed by atoms with van der Waals surface area (Å²) in [4.78, 5) is 38.5. The molecule has 1 fully saturated rings. The van der Waals surface area contributed by atoms with Crippen LogP contribution in [0.2, 0.25) is 10.0 Å². The summed E-state index contributed by atoms with van der Waals surface area (Å²) in [6, 6.07) is 17.5. The van der Waals surface area contributed by atoms with E-state index in [2.05, 4.69) is 11.4 Å². The van der Waals surface area contributed by atoms with Crippen molar-refractivity contribution in [3.05, 3.63) is 81.3 Å². The molecule has 3 aromatic carbocycles. The highest BCUT2D eigenvalue weighted by molar-refractivity contribution is 6.42. The van der Waals surface area contributed by atoms with Crippen LogP contribution < -0.4 is 5.32 Å². The predicted octanol–water partition coefficient (Wildman–Crippen LogP) is 5.77. The molecule has 7 nitrogen and oxygen atoms in total. The summed E-state index contributed by atoms with van der Waals surface area (Å²) >= 11 is 12.2. The SMILES string of the molecule is C1CCNCC1.COC(=O)CN(C[C@@H](CC=O)c1ccc(Cl)c(Cl)c1)C(=O)c1cc(C#N)cc2ccccc12. The quantitative estimate of drug-likeness (QED) is 0.274. The molecule has 9 heteroatoms. The molecule has 0 unspecified atom stereocenters. The zero-order chi connectivity index (χ0) is 28.2. The number of ether oxygens (including phenoxy) is 1. The standard InChI is InChI=1S/C25H20Cl2N2O4.C5H11N/c1-33-24(31)15-29(14-19(8-9-30)17-6-7-22(26)23(27)12-17)25(32)21-11-16(13-28)10-18-4-2-3-5-20(18)21;1-2-4-6-5-3-1/h2-7,9-12,19H,8,14-15H2,1H3;6H,1-5H2/t19-;/m1./s1. The summed E-state index contributed by atoms with van der Waals surface area (Å²) in [5.74, 6) is -1.50. The van der Waals surface area contributed by atoms with Gasteiger partial charge in [0.25, 0.3) is 5.91 Å². The molecule has 1 N–H and O–H groups in total. The fourth-order valence-corrected chi connectivity index (χ4v) is 4.73. The third-order valence-electron chi connectivity index (χ3n) is 6.50. The Balaban J connectivity index is 0.000000617. The van der Waals surface area contributed by atoms with Crippen LogP contribution in [0.3, 0.4) is 0 Å². The molecule has 0 radical (unpaired) electrons. The Bertz CT molecular complexity index is 1340. The highest BCUT2D eigenvalue weighted by Crippen LogP contribution is 2.29. The first-order valence-corrected chi connectivity index (χ1v) is 13.5. The summed E-state index contributed by atoms with van der Waals surface area (Å²) in [5.41, 5.74) is 1.31. The maximum absolute atomic E-state index is 13.6. The Morgan fingerprint density at radius 3 is 2.41 bits per heavy atom. The minimum absolute atomic E-state index is 0.0513. The van der Waals surface area contributed by atoms with Gasteiger partial charge in [0.2, 0.25) is 0 Å². The number of hydrogen-bond donors (Lipinski definition) is 1. The van der Waals surface area contributed by atoms with E-state index in [9.17, 15) is 19.6 Å². The fraction of sp³-hybridized carbons (Fsp3) is 0.333. The molecule has 1 heterocycles. The Labute approximate surface area is 238 Å². The van der Waals surface area contributed by atoms with Gasteiger partial charge < -0.3 is 19.7 Å². The number of hydrogen-bond acceptors (Lipinski definition) is 6. The smallest absolute Gasteiger partial charge is 0.325 e. The van der Waals surface area contributed by atoms with Gasteiger partial charge in [0.15, 0.2) is 0 Å². The monoisotopic (exact) mass is 567 g/mol. The number of esters is 1. The summed E-state index contributed by atoms with van der Waals surface area (Å²) < 4.78 is 4.79. The molecule has 204 valence electrons. The largest absolute Gasteiger partial charge is 0.468 e. The predicted molar refractivity (Wildman–Crippen MR) is 153 cm³/mol. The molecule has 0 aromatic heterocycles. The van der Waals surface area contributed by atoms with E-state index in [-0.39, 0.29) is 25.1 Å². The number of benzene rings is 3. The molecule has 39 heavy (non-hydrogen) atoms. The van der Waals surface area contributed by atoms with Crippen molar-refractivity contribution >= 4 is 52.1 Å². The van der Waals surface area contributed by atoms with Crippen molar-refractivity contribution in [1.29, 1.82) is 5.26 Å². The van der Waals surface area contributed by atoms with Crippen molar-refractivity contribution in [1.82, 2.24) is 10.2 Å². The van der Waals surface area contributed by atoms with E-state index < -0.39 is 17.8 Å². The molecular formula is C30H31Cl2N3O4. The van der Waals surface area contributed by atoms with E-state index in [0.29, 0.717) is 26.6 Å². The molecule has 1 aliphatic rings. The van der Waals surface area contributed by atoms with Crippen molar-refractivity contribution in [2.45, 2.75) is 31.6 Å². The molecular weight excluding hydrogens is 537 g/mol. The minimum atomic E-state index is -0.608. The van der Waals surface area contributed by atoms with Crippen LogP contribution in [-0.4, -0.2) is 56.4 Å². The number of fused-ring (bicyclic) bond motifs is 1. The molecule has 1 aliphatic heterocycles. The summed E-state index contributed by atoms with van der Waals surface area (Å²) in [5, 5.41) is 14.8. The first-order valence-electron chi connectivity index (χ1n) is 12.8. The molecule has 1 amide bonds. The van der Waals surface area contributed by atoms with Crippen LogP contribution in [0.25, 0.3) is 10.8 Å². The van der Waals surface area contributed by atoms with Crippen molar-refractivity contribution in [3.8, 4) is 6.07 Å². The second-order valence-electron chi connectivity index (χ2n) is 9.20. The molecule has 1 saturated heterocycles. The first kappa shape index (κ1) is 30.1. The lowest BCUT2D eigenvalue weighted by Gasteiger charge is -2.27. The van der Waals surface area contributed by atoms with E-state index in [1.165, 1.54) is 50.4 Å². The number of halogens is 2. The average Bonchev–Trinajstić information content (AvgIpc) is 2.98. The Morgan fingerprint density at radius 1 is 1.08 bits per heavy atom. The number of nitrogens with one attached hydrogen (secondary N) is 1. The van der Waals surface area contributed by atoms with Crippen molar-refractivity contribution < 1.29 is 19.1 Å². The Hall–Kier alpha value is -3.44. The number of nitriles is 1. The number of carbonyl (C=O) groups is 3. The van der Waals surface area contributed by atoms with E-state index in [4.69, 9.17) is 27.9 Å². The van der Waals surface area contributed by atoms with Gasteiger partial charge in [-0.2, -0.15) is 5.26 Å². The lowest BCUT2D eigenvalue weighted by Crippen LogP contribution is -2.39. The molecule has 0 spiro atoms. The zero-order valence-electron chi connectivity index (χ0n) is 21.8. The summed E-state index contributed by atoms with van der Waals surface area (Å²) in [6.07, 6.45) is 5.06. The van der Waals surface area contributed by atoms with Gasteiger partial charge in [0, 0.05) is 24.4 Å². The second kappa shape index (κ2) is 15.2. The van der Waals surface area contributed by atoms with Gasteiger partial charge in [-0.15, -0.1) is 0 Å². The van der Waals surface area contributed by atoms with E-state index in [0.717, 1.165) is 11.7 Å². The van der Waals surface area contributed by atoms with Gasteiger partial charge in [-0.3, -0.25) is 9.59 Å². The number of aldehydes is 1. The maximum Gasteiger partial charge on any atom is 0.325 e. The molecule has 1 atom stereocenters. The fourth-order valence-electron chi connectivity index (χ4n) is 4.43. The van der Waals surface area contributed by atoms with E-state index >= 15 is 0 Å². The second-order valence-corrected chi connectivity index (χ2v) is 10.0. The van der Waals surface area contributed by atoms with Crippen LogP contribution >= 0.6 is 23.2 Å². The van der Waals surface area contributed by atoms with Gasteiger partial charge >= 0.3 is 5.97 Å². The zero-order valence-corrected chi connectivity index (χ0v) is 23.3. The van der Waals surface area contributed by atoms with Crippen LogP contribution in [0.1, 0.15) is 53.1 Å². The van der Waals surface area contributed by atoms with Gasteiger partial charge in [-0.1, -0.05) is 60.0 Å². The maximum atomic E-state index is 13.6. The lowest BCUT2D eigenvalue weighted by atomic mass is 9.94. The van der Waals surface area contributed by atoms with Crippen molar-refractivity contribution in [2.24, 2.45) is 0 Å². The van der Waals surface area contributed by atoms with Crippen LogP contribution in [-0.2, 0) is 14.3 Å². The highest BCUT2D eigenvalue weighted by Gasteiger charge is 2.26. The van der Waals surface area contributed by atoms with Crippen LogP contribution in [0.15, 0.2) is 54.6 Å². The normalized spacial score (nSPS) is 13.4. The molecule has 0 bridgehead atoms. The van der Waals surface area contributed by atoms with Gasteiger partial charge in [0.1, 0.15) is 12.8 Å². The summed E-state index contributed by atoms with van der Waals surface area (Å²) in [7, 11) is 1.23. The van der Waals surface area contributed by atoms with Gasteiger partial charge in [0.05, 0.1) is 28.8 Å². The number of amides is 1. The van der Waals surface area contributed by atoms with Crippen molar-refractivity contribution in [3.63, 3.8) is 0 Å². The van der Waals surface area contributed by atoms with Gasteiger partial charge in [-0.05, 0) is 66.5 Å². The molecule has 4 rings (SSSR count). The number of nitrogens with zero attached hydrogens (tertiary/aromatic N) is 2. The van der Waals surface area contributed by atoms with Gasteiger partial charge in [-0.25, -0.2) is 0 Å². The third kappa shape index (κ3) is 8.52. The highest BCUT2D eigenvalue weighted by atomic mass is 35.5. The topological polar surface area (TPSA) is 99.5 Å². The number of piperidine rings is 1. The molecule has 0 aliphatic carbocycles. The molecule has 0 saturated carbocycles. The molecule has 3 aromatic rings. The minimum Gasteiger partial charge on any atom is -0.468 e.